The van der Waals surface area contributed by atoms with Gasteiger partial charge in [-0.2, -0.15) is 4.98 Å². The van der Waals surface area contributed by atoms with Gasteiger partial charge in [-0.05, 0) is 50.8 Å². The molecule has 0 bridgehead atoms. The Labute approximate surface area is 177 Å². The maximum atomic E-state index is 13.4. The van der Waals surface area contributed by atoms with E-state index in [1.54, 1.807) is 24.1 Å². The number of benzene rings is 1. The first kappa shape index (κ1) is 21.8. The zero-order chi connectivity index (χ0) is 21.7. The highest BCUT2D eigenvalue weighted by Gasteiger charge is 2.23. The number of halogens is 1. The van der Waals surface area contributed by atoms with E-state index in [2.05, 4.69) is 20.6 Å². The maximum absolute atomic E-state index is 13.4. The molecule has 1 aromatic carbocycles. The molecule has 1 fully saturated rings. The average Bonchev–Trinajstić information content (AvgIpc) is 2.70. The summed E-state index contributed by atoms with van der Waals surface area (Å²) in [5.41, 5.74) is 1.73. The van der Waals surface area contributed by atoms with Gasteiger partial charge >= 0.3 is 0 Å². The average molecular weight is 415 g/mol. The van der Waals surface area contributed by atoms with E-state index in [9.17, 15) is 9.18 Å². The predicted molar refractivity (Wildman–Crippen MR) is 119 cm³/mol. The second-order valence-electron chi connectivity index (χ2n) is 8.19. The number of likely N-dealkylation sites (N-methyl/N-ethyl adjacent to an activating group) is 1. The third-order valence-corrected chi connectivity index (χ3v) is 5.42. The van der Waals surface area contributed by atoms with Crippen LogP contribution < -0.4 is 20.4 Å². The number of anilines is 3. The highest BCUT2D eigenvalue weighted by molar-refractivity contribution is 5.81. The highest BCUT2D eigenvalue weighted by atomic mass is 19.1. The van der Waals surface area contributed by atoms with Crippen LogP contribution in [0.3, 0.4) is 0 Å². The first-order valence-electron chi connectivity index (χ1n) is 10.4. The van der Waals surface area contributed by atoms with Gasteiger partial charge in [0.2, 0.25) is 11.9 Å². The molecule has 1 aromatic heterocycles. The molecule has 0 saturated heterocycles. The van der Waals surface area contributed by atoms with E-state index < -0.39 is 0 Å². The number of nitrogens with zero attached hydrogens (tertiary/aromatic N) is 4. The second kappa shape index (κ2) is 9.73. The maximum Gasteiger partial charge on any atom is 0.239 e. The SMILES string of the molecule is Cc1cnc(N[C@H]2CC[C@@H](NC(=O)CN(C)c3cccc(F)c3)CC2)nc1N(C)C. The number of carbonyl (C=O) groups excluding carboxylic acids is 1. The standard InChI is InChI=1S/C22H31FN6O/c1-15-13-24-22(27-21(15)28(2)3)26-18-10-8-17(9-11-18)25-20(30)14-29(4)19-7-5-6-16(23)12-19/h5-7,12-13,17-18H,8-11,14H2,1-4H3,(H,25,30)(H,24,26,27)/t17-,18+. The van der Waals surface area contributed by atoms with Crippen LogP contribution in [-0.4, -0.2) is 55.6 Å². The van der Waals surface area contributed by atoms with E-state index in [1.807, 2.05) is 32.1 Å². The molecule has 1 aliphatic carbocycles. The molecular weight excluding hydrogens is 383 g/mol. The van der Waals surface area contributed by atoms with Crippen molar-refractivity contribution in [3.63, 3.8) is 0 Å². The van der Waals surface area contributed by atoms with Crippen LogP contribution in [0, 0.1) is 12.7 Å². The molecule has 0 atom stereocenters. The normalized spacial score (nSPS) is 18.6. The third-order valence-electron chi connectivity index (χ3n) is 5.42. The minimum Gasteiger partial charge on any atom is -0.365 e. The number of aryl methyl sites for hydroxylation is 1. The van der Waals surface area contributed by atoms with Gasteiger partial charge in [0.25, 0.3) is 0 Å². The quantitative estimate of drug-likeness (QED) is 0.726. The summed E-state index contributed by atoms with van der Waals surface area (Å²) in [5.74, 6) is 1.21. The Morgan fingerprint density at radius 3 is 2.53 bits per heavy atom. The molecule has 3 rings (SSSR count). The number of hydrogen-bond donors (Lipinski definition) is 2. The molecule has 8 heteroatoms. The van der Waals surface area contributed by atoms with Crippen molar-refractivity contribution in [1.82, 2.24) is 15.3 Å². The van der Waals surface area contributed by atoms with E-state index >= 15 is 0 Å². The van der Waals surface area contributed by atoms with Crippen LogP contribution >= 0.6 is 0 Å². The fraction of sp³-hybridized carbons (Fsp3) is 0.500. The van der Waals surface area contributed by atoms with Crippen LogP contribution in [0.15, 0.2) is 30.5 Å². The largest absolute Gasteiger partial charge is 0.365 e. The van der Waals surface area contributed by atoms with Gasteiger partial charge in [-0.15, -0.1) is 0 Å². The van der Waals surface area contributed by atoms with E-state index in [1.165, 1.54) is 12.1 Å². The molecular formula is C22H31FN6O. The van der Waals surface area contributed by atoms with E-state index in [4.69, 9.17) is 0 Å². The summed E-state index contributed by atoms with van der Waals surface area (Å²) in [6, 6.07) is 6.72. The molecule has 1 amide bonds. The van der Waals surface area contributed by atoms with Gasteiger partial charge in [0.05, 0.1) is 6.54 Å². The molecule has 0 radical (unpaired) electrons. The van der Waals surface area contributed by atoms with Gasteiger partial charge in [0.1, 0.15) is 11.6 Å². The van der Waals surface area contributed by atoms with Crippen molar-refractivity contribution in [2.75, 3.05) is 42.8 Å². The summed E-state index contributed by atoms with van der Waals surface area (Å²) in [7, 11) is 5.73. The molecule has 2 aromatic rings. The van der Waals surface area contributed by atoms with Crippen molar-refractivity contribution in [1.29, 1.82) is 0 Å². The Morgan fingerprint density at radius 2 is 1.87 bits per heavy atom. The minimum absolute atomic E-state index is 0.0457. The topological polar surface area (TPSA) is 73.4 Å². The van der Waals surface area contributed by atoms with Gasteiger partial charge in [0.15, 0.2) is 0 Å². The summed E-state index contributed by atoms with van der Waals surface area (Å²) in [6.07, 6.45) is 5.53. The Bertz CT molecular complexity index is 866. The summed E-state index contributed by atoms with van der Waals surface area (Å²) in [4.78, 5) is 25.1. The van der Waals surface area contributed by atoms with Crippen LogP contribution in [0.2, 0.25) is 0 Å². The summed E-state index contributed by atoms with van der Waals surface area (Å²) < 4.78 is 13.4. The third kappa shape index (κ3) is 5.81. The van der Waals surface area contributed by atoms with Gasteiger partial charge < -0.3 is 20.4 Å². The number of hydrogen-bond acceptors (Lipinski definition) is 6. The first-order valence-corrected chi connectivity index (χ1v) is 10.4. The van der Waals surface area contributed by atoms with Crippen molar-refractivity contribution in [2.45, 2.75) is 44.7 Å². The van der Waals surface area contributed by atoms with Crippen molar-refractivity contribution in [3.8, 4) is 0 Å². The molecule has 2 N–H and O–H groups in total. The first-order chi connectivity index (χ1) is 14.3. The van der Waals surface area contributed by atoms with Gasteiger partial charge in [-0.1, -0.05) is 6.07 Å². The smallest absolute Gasteiger partial charge is 0.239 e. The van der Waals surface area contributed by atoms with Crippen LogP contribution in [-0.2, 0) is 4.79 Å². The fourth-order valence-electron chi connectivity index (χ4n) is 3.81. The molecule has 7 nitrogen and oxygen atoms in total. The lowest BCUT2D eigenvalue weighted by atomic mass is 9.91. The van der Waals surface area contributed by atoms with Gasteiger partial charge in [-0.25, -0.2) is 9.37 Å². The van der Waals surface area contributed by atoms with Gasteiger partial charge in [-0.3, -0.25) is 4.79 Å². The number of nitrogens with one attached hydrogen (secondary N) is 2. The molecule has 0 spiro atoms. The summed E-state index contributed by atoms with van der Waals surface area (Å²) in [6.45, 7) is 2.20. The molecule has 0 aliphatic heterocycles. The van der Waals surface area contributed by atoms with Crippen LogP contribution in [0.5, 0.6) is 0 Å². The van der Waals surface area contributed by atoms with Crippen LogP contribution in [0.4, 0.5) is 21.8 Å². The van der Waals surface area contributed by atoms with Crippen molar-refractivity contribution < 1.29 is 9.18 Å². The number of rotatable bonds is 7. The monoisotopic (exact) mass is 414 g/mol. The molecule has 162 valence electrons. The lowest BCUT2D eigenvalue weighted by Crippen LogP contribution is -2.44. The van der Waals surface area contributed by atoms with Crippen molar-refractivity contribution >= 4 is 23.4 Å². The van der Waals surface area contributed by atoms with E-state index in [0.29, 0.717) is 17.7 Å². The second-order valence-corrected chi connectivity index (χ2v) is 8.19. The number of aromatic nitrogens is 2. The Kier molecular flexibility index (Phi) is 7.07. The fourth-order valence-corrected chi connectivity index (χ4v) is 3.81. The van der Waals surface area contributed by atoms with Crippen LogP contribution in [0.25, 0.3) is 0 Å². The number of amides is 1. The zero-order valence-electron chi connectivity index (χ0n) is 18.2. The minimum atomic E-state index is -0.305. The Hall–Kier alpha value is -2.90. The summed E-state index contributed by atoms with van der Waals surface area (Å²) >= 11 is 0. The van der Waals surface area contributed by atoms with Crippen LogP contribution in [0.1, 0.15) is 31.2 Å². The molecule has 1 aliphatic rings. The Morgan fingerprint density at radius 1 is 1.17 bits per heavy atom. The molecule has 1 heterocycles. The molecule has 0 unspecified atom stereocenters. The van der Waals surface area contributed by atoms with E-state index in [0.717, 1.165) is 37.1 Å². The van der Waals surface area contributed by atoms with E-state index in [-0.39, 0.29) is 24.3 Å². The predicted octanol–water partition coefficient (Wildman–Crippen LogP) is 2.97. The zero-order valence-corrected chi connectivity index (χ0v) is 18.2. The lowest BCUT2D eigenvalue weighted by Gasteiger charge is -2.30. The summed E-state index contributed by atoms with van der Waals surface area (Å²) in [5, 5.41) is 6.54. The lowest BCUT2D eigenvalue weighted by molar-refractivity contribution is -0.120. The van der Waals surface area contributed by atoms with Gasteiger partial charge in [0, 0.05) is 50.7 Å². The number of carbonyl (C=O) groups is 1. The molecule has 30 heavy (non-hydrogen) atoms. The van der Waals surface area contributed by atoms with Crippen molar-refractivity contribution in [2.24, 2.45) is 0 Å². The molecule has 1 saturated carbocycles. The van der Waals surface area contributed by atoms with Crippen molar-refractivity contribution in [3.05, 3.63) is 41.8 Å². The highest BCUT2D eigenvalue weighted by Crippen LogP contribution is 2.23. The Balaban J connectivity index is 1.45.